The fourth-order valence-electron chi connectivity index (χ4n) is 5.20. The van der Waals surface area contributed by atoms with Crippen molar-refractivity contribution in [3.63, 3.8) is 0 Å². The molecule has 2 aliphatic rings. The van der Waals surface area contributed by atoms with Crippen molar-refractivity contribution in [1.82, 2.24) is 0 Å². The maximum absolute atomic E-state index is 12.2. The van der Waals surface area contributed by atoms with Crippen LogP contribution in [-0.2, 0) is 0 Å². The zero-order valence-corrected chi connectivity index (χ0v) is 24.1. The average molecular weight is 564 g/mol. The number of hydrogen-bond acceptors (Lipinski definition) is 7. The van der Waals surface area contributed by atoms with Gasteiger partial charge in [0, 0.05) is 35.2 Å². The lowest BCUT2D eigenvalue weighted by Gasteiger charge is -2.17. The fourth-order valence-corrected chi connectivity index (χ4v) is 5.20. The van der Waals surface area contributed by atoms with E-state index in [1.807, 2.05) is 36.4 Å². The van der Waals surface area contributed by atoms with Gasteiger partial charge in [-0.15, -0.1) is 0 Å². The van der Waals surface area contributed by atoms with E-state index in [0.717, 1.165) is 93.9 Å². The number of unbranched alkanes of at least 4 members (excludes halogenated alkanes) is 2. The Kier molecular flexibility index (Phi) is 10.7. The Morgan fingerprint density at radius 2 is 1.00 bits per heavy atom. The van der Waals surface area contributed by atoms with E-state index in [2.05, 4.69) is 60.9 Å². The van der Waals surface area contributed by atoms with E-state index in [0.29, 0.717) is 0 Å². The van der Waals surface area contributed by atoms with E-state index in [4.69, 9.17) is 15.1 Å². The molecule has 5 N–H and O–H groups in total. The minimum Gasteiger partial charge on any atom is -0.402 e. The van der Waals surface area contributed by atoms with Gasteiger partial charge in [-0.2, -0.15) is 0 Å². The van der Waals surface area contributed by atoms with E-state index in [1.165, 1.54) is 0 Å². The van der Waals surface area contributed by atoms with Gasteiger partial charge in [-0.05, 0) is 59.0 Å². The monoisotopic (exact) mass is 564 g/mol. The molecule has 0 unspecified atom stereocenters. The molecule has 4 aromatic carbocycles. The quantitative estimate of drug-likeness (QED) is 0.123. The molecule has 2 aliphatic carbocycles. The van der Waals surface area contributed by atoms with Crippen molar-refractivity contribution in [2.24, 2.45) is 0 Å². The van der Waals surface area contributed by atoms with E-state index in [-0.39, 0.29) is 11.6 Å². The minimum atomic E-state index is -2.17. The smallest absolute Gasteiger partial charge is 0.402 e. The molecule has 0 bridgehead atoms. The summed E-state index contributed by atoms with van der Waals surface area (Å²) in [6, 6.07) is 20.5. The highest BCUT2D eigenvalue weighted by atomic mass is 16.5. The highest BCUT2D eigenvalue weighted by Crippen LogP contribution is 2.34. The number of allylic oxidation sites excluding steroid dienone is 2. The van der Waals surface area contributed by atoms with Gasteiger partial charge in [0.2, 0.25) is 0 Å². The Morgan fingerprint density at radius 1 is 0.595 bits per heavy atom. The van der Waals surface area contributed by atoms with Gasteiger partial charge in [-0.25, -0.2) is 0 Å². The van der Waals surface area contributed by atoms with Crippen LogP contribution < -0.4 is 10.6 Å². The topological polar surface area (TPSA) is 119 Å². The number of carbonyl (C=O) groups is 2. The van der Waals surface area contributed by atoms with Crippen LogP contribution >= 0.6 is 0 Å². The van der Waals surface area contributed by atoms with Gasteiger partial charge in [0.1, 0.15) is 0 Å². The summed E-state index contributed by atoms with van der Waals surface area (Å²) in [5, 5.41) is 32.7. The second-order valence-electron chi connectivity index (χ2n) is 10.2. The largest absolute Gasteiger partial charge is 0.631 e. The second kappa shape index (κ2) is 14.6. The summed E-state index contributed by atoms with van der Waals surface area (Å²) in [4.78, 5) is 24.4. The van der Waals surface area contributed by atoms with Gasteiger partial charge in [0.05, 0.1) is 11.1 Å². The number of benzene rings is 4. The lowest BCUT2D eigenvalue weighted by Crippen LogP contribution is -2.09. The van der Waals surface area contributed by atoms with Crippen LogP contribution in [0, 0.1) is 0 Å². The molecular weight excluding hydrogens is 527 g/mol. The summed E-state index contributed by atoms with van der Waals surface area (Å²) in [6.45, 7) is 6.15. The summed E-state index contributed by atoms with van der Waals surface area (Å²) >= 11 is 0. The highest BCUT2D eigenvalue weighted by molar-refractivity contribution is 6.30. The highest BCUT2D eigenvalue weighted by Gasteiger charge is 2.19. The first-order valence-electron chi connectivity index (χ1n) is 14.4. The fraction of sp³-hybridized carbons (Fsp3) is 0.235. The van der Waals surface area contributed by atoms with Crippen molar-refractivity contribution in [1.29, 1.82) is 0 Å². The van der Waals surface area contributed by atoms with E-state index in [9.17, 15) is 9.59 Å². The van der Waals surface area contributed by atoms with Crippen LogP contribution in [-0.4, -0.2) is 47.0 Å². The van der Waals surface area contributed by atoms with Gasteiger partial charge in [-0.3, -0.25) is 9.59 Å². The van der Waals surface area contributed by atoms with Crippen LogP contribution in [0.1, 0.15) is 71.4 Å². The second-order valence-corrected chi connectivity index (χ2v) is 10.2. The molecule has 4 aromatic rings. The van der Waals surface area contributed by atoms with Crippen molar-refractivity contribution in [3.8, 4) is 0 Å². The number of carbonyl (C=O) groups excluding carboxylic acids is 2. The van der Waals surface area contributed by atoms with E-state index >= 15 is 0 Å². The van der Waals surface area contributed by atoms with Crippen LogP contribution in [0.15, 0.2) is 72.8 Å². The lowest BCUT2D eigenvalue weighted by molar-refractivity contribution is 0.104. The van der Waals surface area contributed by atoms with Gasteiger partial charge in [0.15, 0.2) is 11.6 Å². The number of rotatable bonds is 8. The molecule has 0 aliphatic heterocycles. The maximum Gasteiger partial charge on any atom is 0.631 e. The molecule has 0 saturated carbocycles. The molecular formula is C34H37BN2O5. The molecule has 216 valence electrons. The Hall–Kier alpha value is -4.24. The predicted octanol–water partition coefficient (Wildman–Crippen LogP) is 6.47. The predicted molar refractivity (Wildman–Crippen MR) is 174 cm³/mol. The van der Waals surface area contributed by atoms with Crippen LogP contribution in [0.3, 0.4) is 0 Å². The minimum absolute atomic E-state index is 0.100. The molecule has 42 heavy (non-hydrogen) atoms. The Bertz CT molecular complexity index is 1520. The van der Waals surface area contributed by atoms with Gasteiger partial charge in [0.25, 0.3) is 0 Å². The summed E-state index contributed by atoms with van der Waals surface area (Å²) < 4.78 is 0. The summed E-state index contributed by atoms with van der Waals surface area (Å²) in [5.74, 6) is 0.201. The molecule has 0 amide bonds. The van der Waals surface area contributed by atoms with E-state index in [1.54, 1.807) is 12.2 Å². The van der Waals surface area contributed by atoms with Gasteiger partial charge >= 0.3 is 7.32 Å². The third-order valence-corrected chi connectivity index (χ3v) is 7.17. The van der Waals surface area contributed by atoms with Crippen molar-refractivity contribution >= 4 is 64.0 Å². The standard InChI is InChI=1S/2C17H17NO.BH3O3/c2*1-2-3-11-18-14-9-7-12-5-4-6-13-8-10-15(19)17(14)16(12)13;2-1(3)4/h2*4-10,18H,2-3,11H2,1H3;2-4H. The molecule has 0 atom stereocenters. The van der Waals surface area contributed by atoms with Crippen molar-refractivity contribution in [3.05, 3.63) is 95.1 Å². The first-order chi connectivity index (χ1) is 20.3. The van der Waals surface area contributed by atoms with Crippen LogP contribution in [0.25, 0.3) is 33.7 Å². The molecule has 0 aromatic heterocycles. The molecule has 0 radical (unpaired) electrons. The van der Waals surface area contributed by atoms with Crippen molar-refractivity contribution in [2.45, 2.75) is 39.5 Å². The average Bonchev–Trinajstić information content (AvgIpc) is 2.98. The van der Waals surface area contributed by atoms with Crippen molar-refractivity contribution in [2.75, 3.05) is 23.7 Å². The zero-order chi connectivity index (χ0) is 30.1. The summed E-state index contributed by atoms with van der Waals surface area (Å²) in [7, 11) is -2.17. The first-order valence-corrected chi connectivity index (χ1v) is 14.4. The molecule has 0 fully saturated rings. The Labute approximate surface area is 246 Å². The Balaban J connectivity index is 0.000000171. The lowest BCUT2D eigenvalue weighted by atomic mass is 9.91. The molecule has 0 spiro atoms. The number of anilines is 2. The van der Waals surface area contributed by atoms with Crippen LogP contribution in [0.5, 0.6) is 0 Å². The first kappa shape index (κ1) is 30.7. The normalized spacial score (nSPS) is 12.4. The van der Waals surface area contributed by atoms with Crippen LogP contribution in [0.2, 0.25) is 0 Å². The SMILES string of the molecule is CCCCNc1ccc2cccc3c2c1C(=O)C=C3.CCCCNc1ccc2cccc3c2c1C(=O)C=C3.OB(O)O. The summed E-state index contributed by atoms with van der Waals surface area (Å²) in [6.07, 6.45) is 11.7. The molecule has 8 heteroatoms. The van der Waals surface area contributed by atoms with Crippen molar-refractivity contribution < 1.29 is 24.7 Å². The molecule has 0 heterocycles. The van der Waals surface area contributed by atoms with Gasteiger partial charge < -0.3 is 25.7 Å². The molecule has 0 saturated heterocycles. The van der Waals surface area contributed by atoms with Gasteiger partial charge in [-0.1, -0.05) is 87.4 Å². The summed E-state index contributed by atoms with van der Waals surface area (Å²) in [5.41, 5.74) is 5.83. The number of nitrogens with one attached hydrogen (secondary N) is 2. The number of hydrogen-bond donors (Lipinski definition) is 5. The number of ketones is 2. The maximum atomic E-state index is 12.2. The molecule has 7 nitrogen and oxygen atoms in total. The molecule has 6 rings (SSSR count). The third-order valence-electron chi connectivity index (χ3n) is 7.17. The third kappa shape index (κ3) is 7.15. The zero-order valence-electron chi connectivity index (χ0n) is 24.1. The van der Waals surface area contributed by atoms with E-state index < -0.39 is 7.32 Å². The van der Waals surface area contributed by atoms with Crippen LogP contribution in [0.4, 0.5) is 11.4 Å². The Morgan fingerprint density at radius 3 is 1.38 bits per heavy atom.